The molecular weight excluding hydrogens is 701 g/mol. The lowest BCUT2D eigenvalue weighted by Gasteiger charge is -2.37. The maximum absolute atomic E-state index is 13.8. The van der Waals surface area contributed by atoms with E-state index in [0.29, 0.717) is 13.1 Å². The number of piperidine rings is 1. The monoisotopic (exact) mass is 750 g/mol. The van der Waals surface area contributed by atoms with Crippen LogP contribution >= 0.6 is 0 Å². The Labute approximate surface area is 319 Å². The molecule has 7 rings (SSSR count). The number of likely N-dealkylation sites (tertiary alicyclic amines) is 2. The van der Waals surface area contributed by atoms with E-state index in [4.69, 9.17) is 19.4 Å². The molecule has 14 nitrogen and oxygen atoms in total. The van der Waals surface area contributed by atoms with Crippen LogP contribution < -0.4 is 10.6 Å². The topological polar surface area (TPSA) is 175 Å². The van der Waals surface area contributed by atoms with Gasteiger partial charge in [-0.3, -0.25) is 9.59 Å². The van der Waals surface area contributed by atoms with Gasteiger partial charge < -0.3 is 39.9 Å². The number of amides is 4. The molecule has 0 spiro atoms. The van der Waals surface area contributed by atoms with Crippen molar-refractivity contribution in [3.63, 3.8) is 0 Å². The first kappa shape index (κ1) is 37.6. The predicted molar refractivity (Wildman–Crippen MR) is 209 cm³/mol. The van der Waals surface area contributed by atoms with E-state index in [2.05, 4.69) is 57.0 Å². The Morgan fingerprint density at radius 2 is 1.25 bits per heavy atom. The van der Waals surface area contributed by atoms with Crippen LogP contribution in [0.3, 0.4) is 0 Å². The summed E-state index contributed by atoms with van der Waals surface area (Å²) >= 11 is 0. The zero-order chi connectivity index (χ0) is 39.0. The quantitative estimate of drug-likeness (QED) is 0.128. The van der Waals surface area contributed by atoms with Gasteiger partial charge in [0.2, 0.25) is 11.8 Å². The molecule has 4 N–H and O–H groups in total. The van der Waals surface area contributed by atoms with Gasteiger partial charge in [-0.25, -0.2) is 19.6 Å². The molecule has 2 fully saturated rings. The first-order valence-electron chi connectivity index (χ1n) is 19.2. The van der Waals surface area contributed by atoms with E-state index < -0.39 is 24.3 Å². The summed E-state index contributed by atoms with van der Waals surface area (Å²) in [5, 5.41) is 7.47. The third-order valence-corrected chi connectivity index (χ3v) is 11.1. The van der Waals surface area contributed by atoms with Gasteiger partial charge in [-0.2, -0.15) is 0 Å². The summed E-state index contributed by atoms with van der Waals surface area (Å²) in [6, 6.07) is 14.7. The van der Waals surface area contributed by atoms with Crippen molar-refractivity contribution in [3.8, 4) is 11.1 Å². The summed E-state index contributed by atoms with van der Waals surface area (Å²) in [4.78, 5) is 72.2. The van der Waals surface area contributed by atoms with Crippen LogP contribution in [0.25, 0.3) is 44.0 Å². The second-order valence-electron chi connectivity index (χ2n) is 15.3. The molecule has 14 heteroatoms. The van der Waals surface area contributed by atoms with Crippen molar-refractivity contribution < 1.29 is 28.7 Å². The molecular formula is C41H50N8O6. The van der Waals surface area contributed by atoms with Crippen molar-refractivity contribution in [1.82, 2.24) is 40.4 Å². The van der Waals surface area contributed by atoms with Crippen LogP contribution in [0.4, 0.5) is 9.59 Å². The van der Waals surface area contributed by atoms with Crippen LogP contribution in [0.5, 0.6) is 0 Å². The lowest BCUT2D eigenvalue weighted by molar-refractivity contribution is -0.138. The number of nitrogens with one attached hydrogen (secondary N) is 4. The van der Waals surface area contributed by atoms with Crippen LogP contribution in [0.2, 0.25) is 0 Å². The molecule has 0 radical (unpaired) electrons. The fourth-order valence-electron chi connectivity index (χ4n) is 8.08. The van der Waals surface area contributed by atoms with Gasteiger partial charge in [-0.05, 0) is 84.7 Å². The number of rotatable bonds is 9. The van der Waals surface area contributed by atoms with Gasteiger partial charge in [-0.15, -0.1) is 0 Å². The minimum absolute atomic E-state index is 0.114. The van der Waals surface area contributed by atoms with E-state index in [-0.39, 0.29) is 35.7 Å². The Balaban J connectivity index is 1.13. The number of nitrogens with zero attached hydrogens (tertiary/aromatic N) is 4. The maximum Gasteiger partial charge on any atom is 0.407 e. The molecule has 2 aromatic heterocycles. The number of imidazole rings is 2. The molecule has 290 valence electrons. The minimum Gasteiger partial charge on any atom is -0.453 e. The van der Waals surface area contributed by atoms with Crippen LogP contribution in [0.1, 0.15) is 83.5 Å². The summed E-state index contributed by atoms with van der Waals surface area (Å²) < 4.78 is 9.58. The first-order chi connectivity index (χ1) is 26.5. The zero-order valence-electron chi connectivity index (χ0n) is 32.3. The number of carbonyl (C=O) groups excluding carboxylic acids is 4. The number of benzene rings is 3. The van der Waals surface area contributed by atoms with E-state index in [1.807, 2.05) is 49.6 Å². The molecule has 4 heterocycles. The van der Waals surface area contributed by atoms with Gasteiger partial charge in [-0.1, -0.05) is 52.0 Å². The second kappa shape index (κ2) is 15.6. The molecule has 0 unspecified atom stereocenters. The van der Waals surface area contributed by atoms with Crippen LogP contribution in [-0.2, 0) is 19.1 Å². The number of hydrogen-bond acceptors (Lipinski definition) is 8. The lowest BCUT2D eigenvalue weighted by Crippen LogP contribution is -2.53. The summed E-state index contributed by atoms with van der Waals surface area (Å²) in [6.45, 7) is 8.80. The molecule has 4 atom stereocenters. The Hall–Kier alpha value is -5.66. The summed E-state index contributed by atoms with van der Waals surface area (Å²) in [5.74, 6) is 0.958. The van der Waals surface area contributed by atoms with Gasteiger partial charge in [0.1, 0.15) is 23.7 Å². The summed E-state index contributed by atoms with van der Waals surface area (Å²) in [5.41, 5.74) is 5.48. The third kappa shape index (κ3) is 7.41. The first-order valence-corrected chi connectivity index (χ1v) is 19.2. The number of fused-ring (bicyclic) bond motifs is 4. The maximum atomic E-state index is 13.8. The standard InChI is InChI=1S/C41H50N8O6/c1-22(2)33(46-40(52)54-5)38(50)48-18-8-7-10-31(48)36-42-28-16-13-25(21-30(28)44-36)24-12-15-27-26(20-24)14-17-29-35(27)45-37(43-29)32-11-9-19-49(32)39(51)34(23(3)4)47-41(53)55-6/h12-17,20-23,31-34H,7-11,18-19H2,1-6H3,(H,42,44)(H,43,45)(H,46,52)(H,47,53)/t31-,32-,33-,34-/m0/s1. The SMILES string of the molecule is COC(=O)N[C@H](C(=O)N1CCCC[C@H]1c1nc2ccc(-c3ccc4c(ccc5[nH]c([C@@H]6CCCN6C(=O)[C@@H](NC(=O)OC)C(C)C)nc54)c3)cc2[nH]1)C(C)C. The molecule has 3 aromatic carbocycles. The number of methoxy groups -OCH3 is 2. The number of alkyl carbamates (subject to hydrolysis) is 2. The number of aromatic amines is 2. The fraction of sp³-hybridized carbons (Fsp3) is 0.463. The second-order valence-corrected chi connectivity index (χ2v) is 15.3. The van der Waals surface area contributed by atoms with Crippen LogP contribution in [0, 0.1) is 11.8 Å². The summed E-state index contributed by atoms with van der Waals surface area (Å²) in [7, 11) is 2.59. The third-order valence-electron chi connectivity index (χ3n) is 11.1. The van der Waals surface area contributed by atoms with Gasteiger partial charge in [0, 0.05) is 18.5 Å². The molecule has 0 aliphatic carbocycles. The Kier molecular flexibility index (Phi) is 10.7. The molecule has 2 aliphatic heterocycles. The van der Waals surface area contributed by atoms with Crippen molar-refractivity contribution in [2.24, 2.45) is 11.8 Å². The Morgan fingerprint density at radius 3 is 1.89 bits per heavy atom. The summed E-state index contributed by atoms with van der Waals surface area (Å²) in [6.07, 6.45) is 2.99. The van der Waals surface area contributed by atoms with E-state index in [0.717, 1.165) is 87.7 Å². The highest BCUT2D eigenvalue weighted by atomic mass is 16.5. The molecule has 5 aromatic rings. The number of hydrogen-bond donors (Lipinski definition) is 4. The van der Waals surface area contributed by atoms with Crippen molar-refractivity contribution in [2.45, 2.75) is 84.0 Å². The van der Waals surface area contributed by atoms with E-state index >= 15 is 0 Å². The minimum atomic E-state index is -0.702. The van der Waals surface area contributed by atoms with Crippen LogP contribution in [0.15, 0.2) is 48.5 Å². The zero-order valence-corrected chi connectivity index (χ0v) is 32.3. The smallest absolute Gasteiger partial charge is 0.407 e. The van der Waals surface area contributed by atoms with Gasteiger partial charge in [0.15, 0.2) is 0 Å². The van der Waals surface area contributed by atoms with Crippen molar-refractivity contribution in [1.29, 1.82) is 0 Å². The van der Waals surface area contributed by atoms with Crippen LogP contribution in [-0.4, -0.2) is 93.1 Å². The largest absolute Gasteiger partial charge is 0.453 e. The van der Waals surface area contributed by atoms with E-state index in [9.17, 15) is 19.2 Å². The predicted octanol–water partition coefficient (Wildman–Crippen LogP) is 6.74. The highest BCUT2D eigenvalue weighted by Crippen LogP contribution is 2.36. The molecule has 0 bridgehead atoms. The number of carbonyl (C=O) groups is 4. The van der Waals surface area contributed by atoms with E-state index in [1.54, 1.807) is 0 Å². The van der Waals surface area contributed by atoms with Crippen molar-refractivity contribution >= 4 is 56.8 Å². The number of ether oxygens (including phenoxy) is 2. The molecule has 0 saturated carbocycles. The average Bonchev–Trinajstić information content (AvgIpc) is 3.96. The highest BCUT2D eigenvalue weighted by molar-refractivity contribution is 6.05. The van der Waals surface area contributed by atoms with Crippen molar-refractivity contribution in [2.75, 3.05) is 27.3 Å². The Morgan fingerprint density at radius 1 is 0.691 bits per heavy atom. The fourth-order valence-corrected chi connectivity index (χ4v) is 8.08. The number of aromatic nitrogens is 4. The van der Waals surface area contributed by atoms with Gasteiger partial charge >= 0.3 is 12.2 Å². The molecule has 2 saturated heterocycles. The molecule has 2 aliphatic rings. The Bertz CT molecular complexity index is 2240. The van der Waals surface area contributed by atoms with Gasteiger partial charge in [0.25, 0.3) is 0 Å². The average molecular weight is 751 g/mol. The molecule has 55 heavy (non-hydrogen) atoms. The lowest BCUT2D eigenvalue weighted by atomic mass is 9.97. The van der Waals surface area contributed by atoms with Crippen molar-refractivity contribution in [3.05, 3.63) is 60.2 Å². The number of H-pyrrole nitrogens is 2. The van der Waals surface area contributed by atoms with Gasteiger partial charge in [0.05, 0.1) is 48.4 Å². The van der Waals surface area contributed by atoms with E-state index in [1.165, 1.54) is 14.2 Å². The molecule has 4 amide bonds. The highest BCUT2D eigenvalue weighted by Gasteiger charge is 2.38. The normalized spacial score (nSPS) is 18.6.